The molecular weight excluding hydrogens is 210 g/mol. The normalized spacial score (nSPS) is 19.4. The SMILES string of the molecule is CCN(CCCN(C)C)CC1(CN)CCCC1. The highest BCUT2D eigenvalue weighted by Gasteiger charge is 2.33. The summed E-state index contributed by atoms with van der Waals surface area (Å²) in [6.07, 6.45) is 6.71. The molecule has 2 N–H and O–H groups in total. The molecule has 0 radical (unpaired) electrons. The summed E-state index contributed by atoms with van der Waals surface area (Å²) < 4.78 is 0. The predicted molar refractivity (Wildman–Crippen MR) is 75.2 cm³/mol. The third-order valence-corrected chi connectivity index (χ3v) is 4.18. The van der Waals surface area contributed by atoms with E-state index in [4.69, 9.17) is 5.73 Å². The maximum Gasteiger partial charge on any atom is 0.00500 e. The van der Waals surface area contributed by atoms with Gasteiger partial charge >= 0.3 is 0 Å². The van der Waals surface area contributed by atoms with Crippen LogP contribution in [0.4, 0.5) is 0 Å². The maximum atomic E-state index is 6.01. The molecule has 1 aliphatic rings. The van der Waals surface area contributed by atoms with Gasteiger partial charge in [0.2, 0.25) is 0 Å². The van der Waals surface area contributed by atoms with Crippen LogP contribution in [0.25, 0.3) is 0 Å². The van der Waals surface area contributed by atoms with Crippen LogP contribution < -0.4 is 5.73 Å². The van der Waals surface area contributed by atoms with E-state index in [0.29, 0.717) is 5.41 Å². The molecule has 0 amide bonds. The zero-order valence-electron chi connectivity index (χ0n) is 12.0. The van der Waals surface area contributed by atoms with Gasteiger partial charge in [0.25, 0.3) is 0 Å². The Morgan fingerprint density at radius 2 is 1.76 bits per heavy atom. The Bertz CT molecular complexity index is 198. The standard InChI is InChI=1S/C14H31N3/c1-4-17(11-7-10-16(2)3)13-14(12-15)8-5-6-9-14/h4-13,15H2,1-3H3. The molecule has 0 aromatic heterocycles. The smallest absolute Gasteiger partial charge is 0.00500 e. The van der Waals surface area contributed by atoms with Crippen LogP contribution in [0.1, 0.15) is 39.0 Å². The van der Waals surface area contributed by atoms with Crippen molar-refractivity contribution in [2.45, 2.75) is 39.0 Å². The summed E-state index contributed by atoms with van der Waals surface area (Å²) in [5.74, 6) is 0. The zero-order valence-corrected chi connectivity index (χ0v) is 12.0. The van der Waals surface area contributed by atoms with Crippen LogP contribution in [0.15, 0.2) is 0 Å². The van der Waals surface area contributed by atoms with Crippen LogP contribution in [0, 0.1) is 5.41 Å². The summed E-state index contributed by atoms with van der Waals surface area (Å²) in [4.78, 5) is 4.86. The lowest BCUT2D eigenvalue weighted by Gasteiger charge is -2.34. The lowest BCUT2D eigenvalue weighted by molar-refractivity contribution is 0.158. The molecule has 0 aromatic carbocycles. The zero-order chi connectivity index (χ0) is 12.7. The molecule has 0 aliphatic heterocycles. The summed E-state index contributed by atoms with van der Waals surface area (Å²) >= 11 is 0. The van der Waals surface area contributed by atoms with Gasteiger partial charge in [-0.15, -0.1) is 0 Å². The number of hydrogen-bond acceptors (Lipinski definition) is 3. The molecule has 0 spiro atoms. The molecule has 1 aliphatic carbocycles. The maximum absolute atomic E-state index is 6.01. The Hall–Kier alpha value is -0.120. The van der Waals surface area contributed by atoms with Crippen LogP contribution in [0.5, 0.6) is 0 Å². The van der Waals surface area contributed by atoms with Gasteiger partial charge in [-0.2, -0.15) is 0 Å². The van der Waals surface area contributed by atoms with E-state index in [0.717, 1.165) is 13.1 Å². The molecule has 0 unspecified atom stereocenters. The van der Waals surface area contributed by atoms with Crippen molar-refractivity contribution in [3.05, 3.63) is 0 Å². The Morgan fingerprint density at radius 1 is 1.12 bits per heavy atom. The van der Waals surface area contributed by atoms with Gasteiger partial charge in [-0.3, -0.25) is 0 Å². The minimum atomic E-state index is 0.439. The average molecular weight is 241 g/mol. The van der Waals surface area contributed by atoms with Crippen molar-refractivity contribution in [1.29, 1.82) is 0 Å². The van der Waals surface area contributed by atoms with Crippen molar-refractivity contribution in [3.8, 4) is 0 Å². The first-order valence-corrected chi connectivity index (χ1v) is 7.19. The number of nitrogens with two attached hydrogens (primary N) is 1. The minimum Gasteiger partial charge on any atom is -0.330 e. The first-order chi connectivity index (χ1) is 8.12. The van der Waals surface area contributed by atoms with E-state index in [9.17, 15) is 0 Å². The highest BCUT2D eigenvalue weighted by atomic mass is 15.1. The molecule has 0 bridgehead atoms. The largest absolute Gasteiger partial charge is 0.330 e. The van der Waals surface area contributed by atoms with E-state index in [-0.39, 0.29) is 0 Å². The third-order valence-electron chi connectivity index (χ3n) is 4.18. The monoisotopic (exact) mass is 241 g/mol. The molecule has 0 atom stereocenters. The number of hydrogen-bond donors (Lipinski definition) is 1. The van der Waals surface area contributed by atoms with Gasteiger partial charge in [0.15, 0.2) is 0 Å². The van der Waals surface area contributed by atoms with Gasteiger partial charge in [0.1, 0.15) is 0 Å². The van der Waals surface area contributed by atoms with Gasteiger partial charge < -0.3 is 15.5 Å². The topological polar surface area (TPSA) is 32.5 Å². The van der Waals surface area contributed by atoms with Crippen molar-refractivity contribution in [1.82, 2.24) is 9.80 Å². The highest BCUT2D eigenvalue weighted by Crippen LogP contribution is 2.37. The van der Waals surface area contributed by atoms with Crippen LogP contribution >= 0.6 is 0 Å². The molecular formula is C14H31N3. The first kappa shape index (κ1) is 14.9. The summed E-state index contributed by atoms with van der Waals surface area (Å²) in [7, 11) is 4.29. The molecule has 17 heavy (non-hydrogen) atoms. The summed E-state index contributed by atoms with van der Waals surface area (Å²) in [6.45, 7) is 7.93. The van der Waals surface area contributed by atoms with Gasteiger partial charge in [-0.05, 0) is 65.0 Å². The molecule has 0 heterocycles. The van der Waals surface area contributed by atoms with Crippen molar-refractivity contribution in [2.75, 3.05) is 46.8 Å². The average Bonchev–Trinajstić information content (AvgIpc) is 2.76. The molecule has 3 heteroatoms. The molecule has 3 nitrogen and oxygen atoms in total. The molecule has 1 saturated carbocycles. The summed E-state index contributed by atoms with van der Waals surface area (Å²) in [5, 5.41) is 0. The van der Waals surface area contributed by atoms with Crippen LogP contribution in [0.3, 0.4) is 0 Å². The van der Waals surface area contributed by atoms with Gasteiger partial charge in [0.05, 0.1) is 0 Å². The Morgan fingerprint density at radius 3 is 2.24 bits per heavy atom. The fourth-order valence-electron chi connectivity index (χ4n) is 2.99. The molecule has 1 rings (SSSR count). The van der Waals surface area contributed by atoms with Crippen molar-refractivity contribution >= 4 is 0 Å². The molecule has 0 saturated heterocycles. The fraction of sp³-hybridized carbons (Fsp3) is 1.00. The van der Waals surface area contributed by atoms with Crippen LogP contribution in [0.2, 0.25) is 0 Å². The lowest BCUT2D eigenvalue weighted by atomic mass is 9.85. The molecule has 0 aromatic rings. The molecule has 1 fully saturated rings. The predicted octanol–water partition coefficient (Wildman–Crippen LogP) is 1.78. The van der Waals surface area contributed by atoms with Gasteiger partial charge in [0, 0.05) is 6.54 Å². The summed E-state index contributed by atoms with van der Waals surface area (Å²) in [6, 6.07) is 0. The van der Waals surface area contributed by atoms with E-state index in [2.05, 4.69) is 30.8 Å². The second kappa shape index (κ2) is 7.34. The second-order valence-corrected chi connectivity index (χ2v) is 5.94. The number of rotatable bonds is 8. The fourth-order valence-corrected chi connectivity index (χ4v) is 2.99. The van der Waals surface area contributed by atoms with E-state index in [1.807, 2.05) is 0 Å². The molecule has 102 valence electrons. The Balaban J connectivity index is 2.34. The quantitative estimate of drug-likeness (QED) is 0.703. The Labute approximate surface area is 107 Å². The highest BCUT2D eigenvalue weighted by molar-refractivity contribution is 4.88. The summed E-state index contributed by atoms with van der Waals surface area (Å²) in [5.41, 5.74) is 6.45. The van der Waals surface area contributed by atoms with Crippen LogP contribution in [-0.2, 0) is 0 Å². The van der Waals surface area contributed by atoms with Crippen LogP contribution in [-0.4, -0.2) is 56.6 Å². The van der Waals surface area contributed by atoms with Crippen molar-refractivity contribution in [3.63, 3.8) is 0 Å². The van der Waals surface area contributed by atoms with Crippen molar-refractivity contribution < 1.29 is 0 Å². The van der Waals surface area contributed by atoms with E-state index >= 15 is 0 Å². The first-order valence-electron chi connectivity index (χ1n) is 7.19. The van der Waals surface area contributed by atoms with E-state index < -0.39 is 0 Å². The van der Waals surface area contributed by atoms with E-state index in [1.54, 1.807) is 0 Å². The second-order valence-electron chi connectivity index (χ2n) is 5.94. The Kier molecular flexibility index (Phi) is 6.45. The van der Waals surface area contributed by atoms with E-state index in [1.165, 1.54) is 51.7 Å². The van der Waals surface area contributed by atoms with Gasteiger partial charge in [-0.1, -0.05) is 19.8 Å². The lowest BCUT2D eigenvalue weighted by Crippen LogP contribution is -2.41. The third kappa shape index (κ3) is 4.94. The minimum absolute atomic E-state index is 0.439. The van der Waals surface area contributed by atoms with Gasteiger partial charge in [-0.25, -0.2) is 0 Å². The number of nitrogens with zero attached hydrogens (tertiary/aromatic N) is 2. The van der Waals surface area contributed by atoms with Crippen molar-refractivity contribution in [2.24, 2.45) is 11.1 Å².